The molecular formula is C19H22N2O2. The van der Waals surface area contributed by atoms with Crippen LogP contribution < -0.4 is 10.6 Å². The highest BCUT2D eigenvalue weighted by Gasteiger charge is 2.22. The Labute approximate surface area is 136 Å². The maximum atomic E-state index is 12.2. The van der Waals surface area contributed by atoms with E-state index in [0.717, 1.165) is 12.1 Å². The number of hydrogen-bond donors (Lipinski definition) is 2. The van der Waals surface area contributed by atoms with Gasteiger partial charge in [-0.25, -0.2) is 0 Å². The third-order valence-electron chi connectivity index (χ3n) is 4.11. The molecular weight excluding hydrogens is 288 g/mol. The van der Waals surface area contributed by atoms with Crippen molar-refractivity contribution in [3.8, 4) is 11.1 Å². The highest BCUT2D eigenvalue weighted by Crippen LogP contribution is 2.21. The minimum Gasteiger partial charge on any atom is -0.378 e. The molecule has 0 unspecified atom stereocenters. The van der Waals surface area contributed by atoms with E-state index < -0.39 is 0 Å². The van der Waals surface area contributed by atoms with Gasteiger partial charge in [-0.1, -0.05) is 54.6 Å². The van der Waals surface area contributed by atoms with Crippen LogP contribution in [0.3, 0.4) is 0 Å². The van der Waals surface area contributed by atoms with Gasteiger partial charge in [-0.3, -0.25) is 4.79 Å². The summed E-state index contributed by atoms with van der Waals surface area (Å²) in [7, 11) is 0. The molecule has 1 saturated heterocycles. The molecule has 0 spiro atoms. The lowest BCUT2D eigenvalue weighted by Crippen LogP contribution is -2.51. The van der Waals surface area contributed by atoms with Crippen LogP contribution in [-0.4, -0.2) is 31.7 Å². The van der Waals surface area contributed by atoms with Crippen molar-refractivity contribution in [3.63, 3.8) is 0 Å². The van der Waals surface area contributed by atoms with Gasteiger partial charge in [0.2, 0.25) is 5.91 Å². The van der Waals surface area contributed by atoms with Crippen LogP contribution in [0.5, 0.6) is 0 Å². The fourth-order valence-corrected chi connectivity index (χ4v) is 2.73. The van der Waals surface area contributed by atoms with Gasteiger partial charge in [-0.05, 0) is 23.6 Å². The number of morpholine rings is 1. The maximum Gasteiger partial charge on any atom is 0.240 e. The summed E-state index contributed by atoms with van der Waals surface area (Å²) in [6, 6.07) is 18.3. The molecule has 0 aromatic heterocycles. The molecule has 23 heavy (non-hydrogen) atoms. The molecule has 1 aliphatic heterocycles. The van der Waals surface area contributed by atoms with E-state index in [1.807, 2.05) is 25.1 Å². The molecule has 2 aromatic carbocycles. The molecule has 0 saturated carbocycles. The topological polar surface area (TPSA) is 50.4 Å². The van der Waals surface area contributed by atoms with E-state index in [-0.39, 0.29) is 18.0 Å². The highest BCUT2D eigenvalue weighted by atomic mass is 16.5. The number of ether oxygens (including phenoxy) is 1. The molecule has 1 fully saturated rings. The molecule has 4 nitrogen and oxygen atoms in total. The van der Waals surface area contributed by atoms with Crippen molar-refractivity contribution in [1.29, 1.82) is 0 Å². The van der Waals surface area contributed by atoms with Crippen LogP contribution in [-0.2, 0) is 9.53 Å². The number of amides is 1. The molecule has 2 aromatic rings. The van der Waals surface area contributed by atoms with Crippen molar-refractivity contribution in [1.82, 2.24) is 10.6 Å². The van der Waals surface area contributed by atoms with Gasteiger partial charge < -0.3 is 15.4 Å². The lowest BCUT2D eigenvalue weighted by Gasteiger charge is -2.25. The van der Waals surface area contributed by atoms with Crippen LogP contribution in [0.25, 0.3) is 11.1 Å². The van der Waals surface area contributed by atoms with Gasteiger partial charge in [-0.2, -0.15) is 0 Å². The molecule has 0 aliphatic carbocycles. The average molecular weight is 310 g/mol. The van der Waals surface area contributed by atoms with Crippen molar-refractivity contribution < 1.29 is 9.53 Å². The third-order valence-corrected chi connectivity index (χ3v) is 4.11. The Hall–Kier alpha value is -2.17. The van der Waals surface area contributed by atoms with Gasteiger partial charge in [0.05, 0.1) is 19.3 Å². The smallest absolute Gasteiger partial charge is 0.240 e. The summed E-state index contributed by atoms with van der Waals surface area (Å²) < 4.78 is 5.33. The molecule has 0 bridgehead atoms. The van der Waals surface area contributed by atoms with Crippen molar-refractivity contribution in [3.05, 3.63) is 60.2 Å². The number of nitrogens with one attached hydrogen (secondary N) is 2. The van der Waals surface area contributed by atoms with Crippen LogP contribution >= 0.6 is 0 Å². The Balaban J connectivity index is 1.63. The number of hydrogen-bond acceptors (Lipinski definition) is 3. The second kappa shape index (κ2) is 7.40. The second-order valence-corrected chi connectivity index (χ2v) is 5.80. The largest absolute Gasteiger partial charge is 0.378 e. The fourth-order valence-electron chi connectivity index (χ4n) is 2.73. The lowest BCUT2D eigenvalue weighted by molar-refractivity contribution is -0.126. The van der Waals surface area contributed by atoms with Crippen molar-refractivity contribution in [2.75, 3.05) is 19.8 Å². The van der Waals surface area contributed by atoms with E-state index in [1.54, 1.807) is 0 Å². The Bertz CT molecular complexity index is 634. The Morgan fingerprint density at radius 2 is 1.83 bits per heavy atom. The zero-order valence-electron chi connectivity index (χ0n) is 13.3. The fraction of sp³-hybridized carbons (Fsp3) is 0.316. The summed E-state index contributed by atoms with van der Waals surface area (Å²) >= 11 is 0. The summed E-state index contributed by atoms with van der Waals surface area (Å²) in [6.07, 6.45) is 0. The van der Waals surface area contributed by atoms with Crippen LogP contribution in [0.4, 0.5) is 0 Å². The van der Waals surface area contributed by atoms with Gasteiger partial charge >= 0.3 is 0 Å². The first kappa shape index (κ1) is 15.7. The molecule has 120 valence electrons. The second-order valence-electron chi connectivity index (χ2n) is 5.80. The minimum absolute atomic E-state index is 0.00987. The normalized spacial score (nSPS) is 19.1. The quantitative estimate of drug-likeness (QED) is 0.912. The molecule has 2 atom stereocenters. The van der Waals surface area contributed by atoms with Gasteiger partial charge in [-0.15, -0.1) is 0 Å². The van der Waals surface area contributed by atoms with Gasteiger partial charge in [0.15, 0.2) is 0 Å². The highest BCUT2D eigenvalue weighted by molar-refractivity contribution is 5.82. The molecule has 3 rings (SSSR count). The van der Waals surface area contributed by atoms with Crippen LogP contribution in [0, 0.1) is 0 Å². The van der Waals surface area contributed by atoms with Crippen LogP contribution in [0.1, 0.15) is 18.5 Å². The first-order chi connectivity index (χ1) is 11.2. The number of carbonyl (C=O) groups is 1. The Kier molecular flexibility index (Phi) is 5.05. The van der Waals surface area contributed by atoms with Crippen LogP contribution in [0.2, 0.25) is 0 Å². The zero-order valence-corrected chi connectivity index (χ0v) is 13.3. The molecule has 2 N–H and O–H groups in total. The summed E-state index contributed by atoms with van der Waals surface area (Å²) in [6.45, 7) is 3.82. The number of rotatable bonds is 4. The lowest BCUT2D eigenvalue weighted by atomic mass is 10.0. The first-order valence-electron chi connectivity index (χ1n) is 8.01. The third kappa shape index (κ3) is 3.97. The Morgan fingerprint density at radius 3 is 2.48 bits per heavy atom. The monoisotopic (exact) mass is 310 g/mol. The zero-order chi connectivity index (χ0) is 16.1. The first-order valence-corrected chi connectivity index (χ1v) is 8.01. The molecule has 1 aliphatic rings. The van der Waals surface area contributed by atoms with Crippen molar-refractivity contribution in [2.24, 2.45) is 0 Å². The van der Waals surface area contributed by atoms with Crippen LogP contribution in [0.15, 0.2) is 54.6 Å². The summed E-state index contributed by atoms with van der Waals surface area (Å²) in [5.74, 6) is -0.00987. The van der Waals surface area contributed by atoms with Gasteiger partial charge in [0.25, 0.3) is 0 Å². The predicted octanol–water partition coefficient (Wildman–Crippen LogP) is 2.52. The molecule has 1 amide bonds. The van der Waals surface area contributed by atoms with E-state index in [9.17, 15) is 4.79 Å². The Morgan fingerprint density at radius 1 is 1.13 bits per heavy atom. The SMILES string of the molecule is C[C@@H](NC(=O)[C@@H]1COCCN1)c1ccc(-c2ccccc2)cc1. The summed E-state index contributed by atoms with van der Waals surface area (Å²) in [5, 5.41) is 6.21. The predicted molar refractivity (Wildman–Crippen MR) is 91.0 cm³/mol. The van der Waals surface area contributed by atoms with Crippen molar-refractivity contribution >= 4 is 5.91 Å². The van der Waals surface area contributed by atoms with Gasteiger partial charge in [0, 0.05) is 6.54 Å². The molecule has 1 heterocycles. The number of carbonyl (C=O) groups excluding carboxylic acids is 1. The van der Waals surface area contributed by atoms with Gasteiger partial charge in [0.1, 0.15) is 6.04 Å². The van der Waals surface area contributed by atoms with E-state index in [1.165, 1.54) is 11.1 Å². The van der Waals surface area contributed by atoms with E-state index in [2.05, 4.69) is 47.0 Å². The summed E-state index contributed by atoms with van der Waals surface area (Å²) in [4.78, 5) is 12.2. The van der Waals surface area contributed by atoms with E-state index >= 15 is 0 Å². The molecule has 4 heteroatoms. The van der Waals surface area contributed by atoms with E-state index in [0.29, 0.717) is 13.2 Å². The summed E-state index contributed by atoms with van der Waals surface area (Å²) in [5.41, 5.74) is 3.46. The maximum absolute atomic E-state index is 12.2. The molecule has 0 radical (unpaired) electrons. The number of benzene rings is 2. The standard InChI is InChI=1S/C19H22N2O2/c1-14(21-19(22)18-13-23-12-11-20-18)15-7-9-17(10-8-15)16-5-3-2-4-6-16/h2-10,14,18,20H,11-13H2,1H3,(H,21,22)/t14-,18+/m1/s1. The minimum atomic E-state index is -0.255. The van der Waals surface area contributed by atoms with Crippen molar-refractivity contribution in [2.45, 2.75) is 19.0 Å². The average Bonchev–Trinajstić information content (AvgIpc) is 2.63. The van der Waals surface area contributed by atoms with E-state index in [4.69, 9.17) is 4.74 Å².